The molecule has 0 aliphatic carbocycles. The average Bonchev–Trinajstić information content (AvgIpc) is 3.17. The number of benzene rings is 2. The molecule has 0 atom stereocenters. The molecule has 0 saturated carbocycles. The molecule has 0 radical (unpaired) electrons. The summed E-state index contributed by atoms with van der Waals surface area (Å²) in [4.78, 5) is 26.9. The van der Waals surface area contributed by atoms with Crippen LogP contribution in [0.4, 0.5) is 16.3 Å². The third-order valence-corrected chi connectivity index (χ3v) is 5.06. The number of amides is 3. The molecule has 3 amide bonds. The van der Waals surface area contributed by atoms with Gasteiger partial charge in [-0.1, -0.05) is 56.6 Å². The summed E-state index contributed by atoms with van der Waals surface area (Å²) in [6.07, 6.45) is 0. The first-order valence-corrected chi connectivity index (χ1v) is 10.8. The van der Waals surface area contributed by atoms with Gasteiger partial charge >= 0.3 is 6.03 Å². The maximum atomic E-state index is 12.8. The highest BCUT2D eigenvalue weighted by Crippen LogP contribution is 2.26. The molecule has 3 rings (SSSR count). The lowest BCUT2D eigenvalue weighted by Crippen LogP contribution is -2.40. The summed E-state index contributed by atoms with van der Waals surface area (Å²) >= 11 is 5.98. The van der Waals surface area contributed by atoms with Gasteiger partial charge in [0.15, 0.2) is 0 Å². The molecule has 2 aromatic carbocycles. The van der Waals surface area contributed by atoms with E-state index in [9.17, 15) is 9.59 Å². The molecule has 8 heteroatoms. The highest BCUT2D eigenvalue weighted by molar-refractivity contribution is 6.30. The number of aromatic nitrogens is 2. The highest BCUT2D eigenvalue weighted by Gasteiger charge is 2.22. The number of urea groups is 1. The molecule has 0 saturated heterocycles. The molecule has 0 aliphatic rings. The minimum Gasteiger partial charge on any atom is -0.315 e. The quantitative estimate of drug-likeness (QED) is 0.530. The molecule has 2 N–H and O–H groups in total. The Kier molecular flexibility index (Phi) is 7.20. The number of halogens is 1. The smallest absolute Gasteiger partial charge is 0.315 e. The number of carbonyl (C=O) groups excluding carboxylic acids is 2. The van der Waals surface area contributed by atoms with Crippen LogP contribution in [0.15, 0.2) is 60.7 Å². The molecule has 168 valence electrons. The van der Waals surface area contributed by atoms with Gasteiger partial charge in [-0.25, -0.2) is 9.48 Å². The summed E-state index contributed by atoms with van der Waals surface area (Å²) < 4.78 is 1.71. The first-order valence-electron chi connectivity index (χ1n) is 10.4. The molecule has 3 aromatic rings. The lowest BCUT2D eigenvalue weighted by atomic mass is 9.92. The molecule has 1 heterocycles. The number of para-hydroxylation sites is 1. The predicted octanol–water partition coefficient (Wildman–Crippen LogP) is 5.32. The van der Waals surface area contributed by atoms with Gasteiger partial charge in [0.05, 0.1) is 11.4 Å². The van der Waals surface area contributed by atoms with Gasteiger partial charge in [-0.2, -0.15) is 5.10 Å². The normalized spacial score (nSPS) is 11.2. The third kappa shape index (κ3) is 5.88. The maximum Gasteiger partial charge on any atom is 0.322 e. The minimum absolute atomic E-state index is 0.103. The molecule has 0 fully saturated rings. The van der Waals surface area contributed by atoms with Gasteiger partial charge in [-0.15, -0.1) is 0 Å². The van der Waals surface area contributed by atoms with E-state index in [0.717, 1.165) is 11.4 Å². The van der Waals surface area contributed by atoms with Crippen LogP contribution in [0.25, 0.3) is 5.69 Å². The molecule has 1 aromatic heterocycles. The Labute approximate surface area is 193 Å². The molecule has 32 heavy (non-hydrogen) atoms. The van der Waals surface area contributed by atoms with Crippen molar-refractivity contribution in [3.05, 3.63) is 71.4 Å². The fourth-order valence-electron chi connectivity index (χ4n) is 3.05. The van der Waals surface area contributed by atoms with Gasteiger partial charge in [0, 0.05) is 28.7 Å². The van der Waals surface area contributed by atoms with Crippen molar-refractivity contribution < 1.29 is 9.59 Å². The number of hydrogen-bond donors (Lipinski definition) is 2. The van der Waals surface area contributed by atoms with Crippen LogP contribution in [-0.2, 0) is 10.2 Å². The Hall–Kier alpha value is -3.32. The van der Waals surface area contributed by atoms with Crippen molar-refractivity contribution >= 4 is 35.0 Å². The van der Waals surface area contributed by atoms with Crippen molar-refractivity contribution in [2.75, 3.05) is 23.7 Å². The fourth-order valence-corrected chi connectivity index (χ4v) is 3.24. The second-order valence-electron chi connectivity index (χ2n) is 8.42. The number of anilines is 2. The molecule has 0 aliphatic heterocycles. The summed E-state index contributed by atoms with van der Waals surface area (Å²) in [6, 6.07) is 18.0. The van der Waals surface area contributed by atoms with E-state index in [1.807, 2.05) is 43.3 Å². The third-order valence-electron chi connectivity index (χ3n) is 4.83. The Bertz CT molecular complexity index is 1090. The molecule has 0 unspecified atom stereocenters. The molecule has 0 bridgehead atoms. The predicted molar refractivity (Wildman–Crippen MR) is 129 cm³/mol. The van der Waals surface area contributed by atoms with Gasteiger partial charge < -0.3 is 15.5 Å². The number of hydrogen-bond acceptors (Lipinski definition) is 3. The van der Waals surface area contributed by atoms with Crippen LogP contribution in [0.5, 0.6) is 0 Å². The Morgan fingerprint density at radius 1 is 1.03 bits per heavy atom. The van der Waals surface area contributed by atoms with Gasteiger partial charge in [0.1, 0.15) is 12.4 Å². The van der Waals surface area contributed by atoms with E-state index in [-0.39, 0.29) is 23.9 Å². The van der Waals surface area contributed by atoms with Gasteiger partial charge in [-0.3, -0.25) is 4.79 Å². The second-order valence-corrected chi connectivity index (χ2v) is 8.85. The molecule has 0 spiro atoms. The Balaban J connectivity index is 1.75. The van der Waals surface area contributed by atoms with Crippen LogP contribution in [0.3, 0.4) is 0 Å². The van der Waals surface area contributed by atoms with Crippen molar-refractivity contribution in [1.82, 2.24) is 14.7 Å². The second kappa shape index (κ2) is 9.87. The van der Waals surface area contributed by atoms with Crippen LogP contribution < -0.4 is 10.6 Å². The van der Waals surface area contributed by atoms with Crippen molar-refractivity contribution in [2.24, 2.45) is 0 Å². The van der Waals surface area contributed by atoms with Crippen molar-refractivity contribution in [3.8, 4) is 5.69 Å². The van der Waals surface area contributed by atoms with Crippen LogP contribution in [0.2, 0.25) is 5.02 Å². The van der Waals surface area contributed by atoms with E-state index >= 15 is 0 Å². The Morgan fingerprint density at radius 2 is 1.75 bits per heavy atom. The van der Waals surface area contributed by atoms with Crippen molar-refractivity contribution in [3.63, 3.8) is 0 Å². The lowest BCUT2D eigenvalue weighted by Gasteiger charge is -2.21. The van der Waals surface area contributed by atoms with Crippen molar-refractivity contribution in [1.29, 1.82) is 0 Å². The van der Waals surface area contributed by atoms with Crippen LogP contribution in [-0.4, -0.2) is 39.7 Å². The monoisotopic (exact) mass is 453 g/mol. The average molecular weight is 454 g/mol. The number of nitrogens with one attached hydrogen (secondary N) is 2. The van der Waals surface area contributed by atoms with E-state index in [1.165, 1.54) is 4.90 Å². The Morgan fingerprint density at radius 3 is 2.38 bits per heavy atom. The van der Waals surface area contributed by atoms with Crippen LogP contribution >= 0.6 is 11.6 Å². The first kappa shape index (κ1) is 23.3. The SMILES string of the molecule is CCN(CC(=O)Nc1cc(C(C)(C)C)nn1-c1ccccc1)C(=O)Nc1cccc(Cl)c1. The maximum absolute atomic E-state index is 12.8. The van der Waals surface area contributed by atoms with E-state index in [2.05, 4.69) is 31.4 Å². The molecule has 7 nitrogen and oxygen atoms in total. The summed E-state index contributed by atoms with van der Waals surface area (Å²) in [5, 5.41) is 10.9. The zero-order chi connectivity index (χ0) is 23.3. The zero-order valence-corrected chi connectivity index (χ0v) is 19.5. The zero-order valence-electron chi connectivity index (χ0n) is 18.7. The summed E-state index contributed by atoms with van der Waals surface area (Å²) in [6.45, 7) is 8.27. The van der Waals surface area contributed by atoms with Gasteiger partial charge in [-0.05, 0) is 37.3 Å². The summed E-state index contributed by atoms with van der Waals surface area (Å²) in [5.41, 5.74) is 2.07. The number of nitrogens with zero attached hydrogens (tertiary/aromatic N) is 3. The largest absolute Gasteiger partial charge is 0.322 e. The fraction of sp³-hybridized carbons (Fsp3) is 0.292. The minimum atomic E-state index is -0.378. The molecular weight excluding hydrogens is 426 g/mol. The first-order chi connectivity index (χ1) is 15.2. The van der Waals surface area contributed by atoms with Gasteiger partial charge in [0.2, 0.25) is 5.91 Å². The van der Waals surface area contributed by atoms with E-state index in [4.69, 9.17) is 16.7 Å². The van der Waals surface area contributed by atoms with Crippen LogP contribution in [0.1, 0.15) is 33.4 Å². The summed E-state index contributed by atoms with van der Waals surface area (Å²) in [5.74, 6) is 0.239. The highest BCUT2D eigenvalue weighted by atomic mass is 35.5. The van der Waals surface area contributed by atoms with Crippen LogP contribution in [0, 0.1) is 0 Å². The topological polar surface area (TPSA) is 79.3 Å². The van der Waals surface area contributed by atoms with Crippen molar-refractivity contribution in [2.45, 2.75) is 33.1 Å². The summed E-state index contributed by atoms with van der Waals surface area (Å²) in [7, 11) is 0. The standard InChI is InChI=1S/C24H28ClN5O2/c1-5-29(23(32)26-18-11-9-10-17(25)14-18)16-22(31)27-21-15-20(24(2,3)4)28-30(21)19-12-7-6-8-13-19/h6-15H,5,16H2,1-4H3,(H,26,32)(H,27,31). The van der Waals surface area contributed by atoms with E-state index < -0.39 is 0 Å². The lowest BCUT2D eigenvalue weighted by molar-refractivity contribution is -0.116. The number of carbonyl (C=O) groups is 2. The number of likely N-dealkylation sites (N-methyl/N-ethyl adjacent to an activating group) is 1. The van der Waals surface area contributed by atoms with Gasteiger partial charge in [0.25, 0.3) is 0 Å². The van der Waals surface area contributed by atoms with E-state index in [1.54, 1.807) is 28.9 Å². The number of rotatable bonds is 6. The van der Waals surface area contributed by atoms with E-state index in [0.29, 0.717) is 23.1 Å². The molecular formula is C24H28ClN5O2.